The van der Waals surface area contributed by atoms with Gasteiger partial charge in [0.15, 0.2) is 0 Å². The number of nitrogens with zero attached hydrogens (tertiary/aromatic N) is 1. The average molecular weight is 421 g/mol. The van der Waals surface area contributed by atoms with Crippen molar-refractivity contribution in [1.29, 1.82) is 0 Å². The van der Waals surface area contributed by atoms with Crippen LogP contribution in [0.1, 0.15) is 18.4 Å². The molecule has 1 aromatic carbocycles. The van der Waals surface area contributed by atoms with E-state index < -0.39 is 0 Å². The Hall–Kier alpha value is -1.34. The number of oxime groups is 1. The van der Waals surface area contributed by atoms with E-state index in [-0.39, 0.29) is 5.97 Å². The second-order valence-electron chi connectivity index (χ2n) is 5.39. The maximum Gasteiger partial charge on any atom is 0.368 e. The van der Waals surface area contributed by atoms with E-state index in [0.29, 0.717) is 17.2 Å². The van der Waals surface area contributed by atoms with Crippen molar-refractivity contribution in [3.8, 4) is 0 Å². The molecule has 22 heavy (non-hydrogen) atoms. The minimum absolute atomic E-state index is 0.368. The topological polar surface area (TPSA) is 38.7 Å². The van der Waals surface area contributed by atoms with Gasteiger partial charge in [-0.15, -0.1) is 0 Å². The van der Waals surface area contributed by atoms with Crippen molar-refractivity contribution in [2.24, 2.45) is 11.1 Å². The summed E-state index contributed by atoms with van der Waals surface area (Å²) in [5, 5.41) is 4.00. The maximum atomic E-state index is 12.2. The SMILES string of the molecule is O=C1ON=C(c2ccccc2)C1=C1C=C(I)SC(C2CC2)=C1. The molecule has 110 valence electrons. The highest BCUT2D eigenvalue weighted by Crippen LogP contribution is 2.49. The zero-order chi connectivity index (χ0) is 15.1. The Labute approximate surface area is 146 Å². The second-order valence-corrected chi connectivity index (χ2v) is 8.40. The maximum absolute atomic E-state index is 12.2. The summed E-state index contributed by atoms with van der Waals surface area (Å²) in [5.74, 6) is 0.293. The predicted octanol–water partition coefficient (Wildman–Crippen LogP) is 4.56. The van der Waals surface area contributed by atoms with Gasteiger partial charge in [-0.05, 0) is 64.0 Å². The molecular formula is C17H12INO2S. The van der Waals surface area contributed by atoms with E-state index in [1.54, 1.807) is 11.8 Å². The van der Waals surface area contributed by atoms with Crippen LogP contribution >= 0.6 is 34.4 Å². The first kappa shape index (κ1) is 14.3. The number of benzene rings is 1. The summed E-state index contributed by atoms with van der Waals surface area (Å²) in [5.41, 5.74) is 3.01. The number of halogens is 1. The van der Waals surface area contributed by atoms with Crippen LogP contribution in [-0.4, -0.2) is 11.7 Å². The van der Waals surface area contributed by atoms with Gasteiger partial charge >= 0.3 is 5.97 Å². The van der Waals surface area contributed by atoms with Gasteiger partial charge in [0.2, 0.25) is 0 Å². The van der Waals surface area contributed by atoms with Crippen molar-refractivity contribution in [3.63, 3.8) is 0 Å². The molecule has 0 spiro atoms. The van der Waals surface area contributed by atoms with Gasteiger partial charge in [-0.2, -0.15) is 0 Å². The quantitative estimate of drug-likeness (QED) is 0.399. The number of carbonyl (C=O) groups is 1. The molecule has 2 aliphatic heterocycles. The van der Waals surface area contributed by atoms with Crippen LogP contribution in [-0.2, 0) is 9.63 Å². The standard InChI is InChI=1S/C17H12INO2S/c18-14-9-12(8-13(22-14)10-6-7-10)15-16(19-21-17(15)20)11-4-2-1-3-5-11/h1-5,8-10H,6-7H2. The van der Waals surface area contributed by atoms with Crippen LogP contribution in [0, 0.1) is 5.92 Å². The lowest BCUT2D eigenvalue weighted by molar-refractivity contribution is -0.136. The Balaban J connectivity index is 1.82. The van der Waals surface area contributed by atoms with Crippen LogP contribution in [0.15, 0.2) is 66.6 Å². The van der Waals surface area contributed by atoms with Crippen molar-refractivity contribution in [3.05, 3.63) is 67.0 Å². The lowest BCUT2D eigenvalue weighted by Crippen LogP contribution is -2.10. The molecule has 0 aromatic heterocycles. The van der Waals surface area contributed by atoms with E-state index in [2.05, 4.69) is 33.8 Å². The fourth-order valence-corrected chi connectivity index (χ4v) is 4.62. The summed E-state index contributed by atoms with van der Waals surface area (Å²) in [6.45, 7) is 0. The Morgan fingerprint density at radius 1 is 1.18 bits per heavy atom. The largest absolute Gasteiger partial charge is 0.368 e. The Bertz CT molecular complexity index is 773. The van der Waals surface area contributed by atoms with Crippen molar-refractivity contribution >= 4 is 46.0 Å². The van der Waals surface area contributed by atoms with Gasteiger partial charge in [-0.3, -0.25) is 0 Å². The fourth-order valence-electron chi connectivity index (χ4n) is 2.52. The lowest BCUT2D eigenvalue weighted by atomic mass is 9.97. The van der Waals surface area contributed by atoms with Crippen LogP contribution in [0.2, 0.25) is 0 Å². The van der Waals surface area contributed by atoms with Crippen molar-refractivity contribution in [2.45, 2.75) is 12.8 Å². The highest BCUT2D eigenvalue weighted by Gasteiger charge is 2.33. The molecule has 5 heteroatoms. The number of carbonyl (C=O) groups excluding carboxylic acids is 1. The highest BCUT2D eigenvalue weighted by atomic mass is 127. The number of allylic oxidation sites excluding steroid dienone is 4. The Morgan fingerprint density at radius 3 is 2.68 bits per heavy atom. The van der Waals surface area contributed by atoms with Crippen molar-refractivity contribution < 1.29 is 9.63 Å². The molecule has 3 nitrogen and oxygen atoms in total. The minimum atomic E-state index is -0.368. The smallest absolute Gasteiger partial charge is 0.312 e. The molecule has 0 amide bonds. The Kier molecular flexibility index (Phi) is 3.69. The van der Waals surface area contributed by atoms with E-state index in [1.807, 2.05) is 36.4 Å². The molecule has 3 aliphatic rings. The van der Waals surface area contributed by atoms with E-state index in [0.717, 1.165) is 11.1 Å². The first-order valence-corrected chi connectivity index (χ1v) is 8.98. The third kappa shape index (κ3) is 2.67. The van der Waals surface area contributed by atoms with Gasteiger partial charge in [0.25, 0.3) is 0 Å². The number of thioether (sulfide) groups is 1. The molecule has 1 aromatic rings. The van der Waals surface area contributed by atoms with Crippen LogP contribution < -0.4 is 0 Å². The summed E-state index contributed by atoms with van der Waals surface area (Å²) >= 11 is 4.12. The van der Waals surface area contributed by atoms with Gasteiger partial charge in [-0.1, -0.05) is 47.2 Å². The van der Waals surface area contributed by atoms with Gasteiger partial charge in [-0.25, -0.2) is 4.79 Å². The third-order valence-corrected chi connectivity index (χ3v) is 5.73. The van der Waals surface area contributed by atoms with Crippen LogP contribution in [0.25, 0.3) is 0 Å². The van der Waals surface area contributed by atoms with E-state index in [1.165, 1.54) is 20.7 Å². The zero-order valence-electron chi connectivity index (χ0n) is 11.6. The molecule has 0 saturated heterocycles. The number of rotatable bonds is 2. The van der Waals surface area contributed by atoms with Gasteiger partial charge < -0.3 is 4.84 Å². The molecule has 0 atom stereocenters. The number of hydrogen-bond acceptors (Lipinski definition) is 4. The molecule has 4 rings (SSSR count). The molecule has 0 radical (unpaired) electrons. The summed E-state index contributed by atoms with van der Waals surface area (Å²) in [6.07, 6.45) is 6.66. The van der Waals surface area contributed by atoms with Crippen molar-refractivity contribution in [1.82, 2.24) is 0 Å². The van der Waals surface area contributed by atoms with Crippen molar-refractivity contribution in [2.75, 3.05) is 0 Å². The summed E-state index contributed by atoms with van der Waals surface area (Å²) in [4.78, 5) is 18.5. The highest BCUT2D eigenvalue weighted by molar-refractivity contribution is 14.1. The molecule has 2 heterocycles. The number of hydrogen-bond donors (Lipinski definition) is 0. The lowest BCUT2D eigenvalue weighted by Gasteiger charge is -2.13. The van der Waals surface area contributed by atoms with E-state index >= 15 is 0 Å². The average Bonchev–Trinajstić information content (AvgIpc) is 3.30. The predicted molar refractivity (Wildman–Crippen MR) is 96.6 cm³/mol. The van der Waals surface area contributed by atoms with E-state index in [4.69, 9.17) is 4.84 Å². The summed E-state index contributed by atoms with van der Waals surface area (Å²) in [7, 11) is 0. The normalized spacial score (nSPS) is 24.6. The molecule has 0 bridgehead atoms. The molecular weight excluding hydrogens is 409 g/mol. The van der Waals surface area contributed by atoms with Gasteiger partial charge in [0.05, 0.1) is 8.48 Å². The van der Waals surface area contributed by atoms with Crippen LogP contribution in [0.4, 0.5) is 0 Å². The molecule has 0 N–H and O–H groups in total. The zero-order valence-corrected chi connectivity index (χ0v) is 14.6. The minimum Gasteiger partial charge on any atom is -0.312 e. The van der Waals surface area contributed by atoms with E-state index in [9.17, 15) is 4.79 Å². The first-order valence-electron chi connectivity index (χ1n) is 7.08. The molecule has 1 fully saturated rings. The second kappa shape index (κ2) is 5.70. The third-order valence-electron chi connectivity index (χ3n) is 3.76. The summed E-state index contributed by atoms with van der Waals surface area (Å²) in [6, 6.07) is 9.70. The van der Waals surface area contributed by atoms with Gasteiger partial charge in [0, 0.05) is 5.56 Å². The van der Waals surface area contributed by atoms with Gasteiger partial charge in [0.1, 0.15) is 5.71 Å². The monoisotopic (exact) mass is 421 g/mol. The van der Waals surface area contributed by atoms with Crippen LogP contribution in [0.5, 0.6) is 0 Å². The molecule has 0 unspecified atom stereocenters. The Morgan fingerprint density at radius 2 is 1.95 bits per heavy atom. The molecule has 1 saturated carbocycles. The first-order chi connectivity index (χ1) is 10.7. The van der Waals surface area contributed by atoms with Crippen LogP contribution in [0.3, 0.4) is 0 Å². The molecule has 1 aliphatic carbocycles. The fraction of sp³-hybridized carbons (Fsp3) is 0.176. The summed E-state index contributed by atoms with van der Waals surface area (Å²) < 4.78 is 1.18.